The van der Waals surface area contributed by atoms with Crippen molar-refractivity contribution in [2.75, 3.05) is 0 Å². The number of nitrogens with zero attached hydrogens (tertiary/aromatic N) is 3. The molecule has 1 aromatic carbocycles. The summed E-state index contributed by atoms with van der Waals surface area (Å²) in [5.74, 6) is 0.659. The van der Waals surface area contributed by atoms with Crippen LogP contribution in [0.15, 0.2) is 36.5 Å². The fourth-order valence-corrected chi connectivity index (χ4v) is 3.18. The third kappa shape index (κ3) is 3.63. The maximum absolute atomic E-state index is 13.0. The lowest BCUT2D eigenvalue weighted by Gasteiger charge is -2.31. The number of aromatic nitrogens is 3. The second-order valence-corrected chi connectivity index (χ2v) is 6.84. The average Bonchev–Trinajstić information content (AvgIpc) is 2.99. The molecule has 4 rings (SSSR count). The minimum Gasteiger partial charge on any atom is -0.489 e. The maximum Gasteiger partial charge on any atom is 0.394 e. The van der Waals surface area contributed by atoms with Crippen molar-refractivity contribution in [3.63, 3.8) is 0 Å². The van der Waals surface area contributed by atoms with Gasteiger partial charge >= 0.3 is 6.11 Å². The van der Waals surface area contributed by atoms with Gasteiger partial charge in [0.1, 0.15) is 17.6 Å². The van der Waals surface area contributed by atoms with E-state index in [0.717, 1.165) is 0 Å². The van der Waals surface area contributed by atoms with Crippen molar-refractivity contribution in [1.82, 2.24) is 14.8 Å². The minimum atomic E-state index is -3.25. The van der Waals surface area contributed by atoms with Crippen LogP contribution in [-0.4, -0.2) is 38.2 Å². The van der Waals surface area contributed by atoms with Crippen molar-refractivity contribution in [2.45, 2.75) is 44.6 Å². The predicted octanol–water partition coefficient (Wildman–Crippen LogP) is 2.77. The van der Waals surface area contributed by atoms with Crippen LogP contribution in [0.4, 0.5) is 8.78 Å². The van der Waals surface area contributed by atoms with Crippen LogP contribution in [-0.2, 0) is 6.54 Å². The number of benzene rings is 1. The highest BCUT2D eigenvalue weighted by molar-refractivity contribution is 5.86. The van der Waals surface area contributed by atoms with Crippen molar-refractivity contribution < 1.29 is 23.4 Å². The molecule has 28 heavy (non-hydrogen) atoms. The Hall–Kier alpha value is -2.78. The molecule has 0 saturated heterocycles. The fraction of sp³-hybridized carbons (Fsp3) is 0.368. The van der Waals surface area contributed by atoms with E-state index in [9.17, 15) is 13.9 Å². The molecule has 3 N–H and O–H groups in total. The zero-order valence-electron chi connectivity index (χ0n) is 15.2. The molecule has 148 valence electrons. The maximum atomic E-state index is 13.0. The topological polar surface area (TPSA) is 95.4 Å². The van der Waals surface area contributed by atoms with Gasteiger partial charge in [-0.15, -0.1) is 0 Å². The molecule has 0 unspecified atom stereocenters. The van der Waals surface area contributed by atoms with Gasteiger partial charge in [0.25, 0.3) is 0 Å². The Morgan fingerprint density at radius 2 is 1.96 bits per heavy atom. The molecule has 0 amide bonds. The molecule has 9 heteroatoms. The van der Waals surface area contributed by atoms with Crippen molar-refractivity contribution in [2.24, 2.45) is 5.73 Å². The monoisotopic (exact) mass is 390 g/mol. The number of alkyl halides is 2. The summed E-state index contributed by atoms with van der Waals surface area (Å²) in [5.41, 5.74) is 7.65. The molecule has 0 bridgehead atoms. The van der Waals surface area contributed by atoms with Crippen LogP contribution in [0.2, 0.25) is 0 Å². The zero-order valence-corrected chi connectivity index (χ0v) is 15.2. The first-order chi connectivity index (χ1) is 13.3. The Bertz CT molecular complexity index is 979. The molecule has 3 aromatic rings. The summed E-state index contributed by atoms with van der Waals surface area (Å²) in [6.45, 7) is 0.865. The Balaban J connectivity index is 1.70. The SMILES string of the molecule is CC(F)(F)Oc1ccc(-n2nc(CN)c3c(O[C@H]4C[C@@H](O)C4)ccnc32)cc1. The van der Waals surface area contributed by atoms with Gasteiger partial charge in [0.15, 0.2) is 5.65 Å². The molecule has 1 fully saturated rings. The molecule has 2 aromatic heterocycles. The number of pyridine rings is 1. The van der Waals surface area contributed by atoms with Crippen LogP contribution < -0.4 is 15.2 Å². The van der Waals surface area contributed by atoms with Crippen LogP contribution in [0, 0.1) is 0 Å². The molecule has 7 nitrogen and oxygen atoms in total. The smallest absolute Gasteiger partial charge is 0.394 e. The van der Waals surface area contributed by atoms with Gasteiger partial charge in [-0.1, -0.05) is 0 Å². The predicted molar refractivity (Wildman–Crippen MR) is 97.7 cm³/mol. The Kier molecular flexibility index (Phi) is 4.64. The van der Waals surface area contributed by atoms with E-state index in [1.165, 1.54) is 12.1 Å². The molecular weight excluding hydrogens is 370 g/mol. The molecule has 1 saturated carbocycles. The Morgan fingerprint density at radius 3 is 2.57 bits per heavy atom. The third-order valence-electron chi connectivity index (χ3n) is 4.54. The first kappa shape index (κ1) is 18.6. The molecule has 0 atom stereocenters. The van der Waals surface area contributed by atoms with Crippen LogP contribution in [0.1, 0.15) is 25.5 Å². The van der Waals surface area contributed by atoms with E-state index in [1.54, 1.807) is 29.1 Å². The number of rotatable bonds is 6. The van der Waals surface area contributed by atoms with Crippen LogP contribution in [0.5, 0.6) is 11.5 Å². The molecular formula is C19H20F2N4O3. The van der Waals surface area contributed by atoms with E-state index in [0.29, 0.717) is 47.9 Å². The number of hydrogen-bond donors (Lipinski definition) is 2. The number of hydrogen-bond acceptors (Lipinski definition) is 6. The van der Waals surface area contributed by atoms with Gasteiger partial charge in [-0.2, -0.15) is 13.9 Å². The average molecular weight is 390 g/mol. The second kappa shape index (κ2) is 6.99. The van der Waals surface area contributed by atoms with Gasteiger partial charge in [0.2, 0.25) is 0 Å². The van der Waals surface area contributed by atoms with Gasteiger partial charge in [0.05, 0.1) is 22.9 Å². The van der Waals surface area contributed by atoms with E-state index >= 15 is 0 Å². The normalized spacial score (nSPS) is 19.5. The summed E-state index contributed by atoms with van der Waals surface area (Å²) in [4.78, 5) is 4.40. The highest BCUT2D eigenvalue weighted by atomic mass is 19.3. The van der Waals surface area contributed by atoms with Gasteiger partial charge in [0, 0.05) is 32.5 Å². The highest BCUT2D eigenvalue weighted by Crippen LogP contribution is 2.33. The van der Waals surface area contributed by atoms with Crippen LogP contribution in [0.25, 0.3) is 16.7 Å². The van der Waals surface area contributed by atoms with Gasteiger partial charge in [-0.05, 0) is 30.3 Å². The summed E-state index contributed by atoms with van der Waals surface area (Å²) in [7, 11) is 0. The first-order valence-corrected chi connectivity index (χ1v) is 8.93. The summed E-state index contributed by atoms with van der Waals surface area (Å²) in [5, 5.41) is 14.7. The van der Waals surface area contributed by atoms with Crippen LogP contribution in [0.3, 0.4) is 0 Å². The molecule has 0 radical (unpaired) electrons. The lowest BCUT2D eigenvalue weighted by molar-refractivity contribution is -0.158. The number of halogens is 2. The highest BCUT2D eigenvalue weighted by Gasteiger charge is 2.30. The summed E-state index contributed by atoms with van der Waals surface area (Å²) < 4.78 is 38.1. The fourth-order valence-electron chi connectivity index (χ4n) is 3.18. The molecule has 0 spiro atoms. The quantitative estimate of drug-likeness (QED) is 0.672. The van der Waals surface area contributed by atoms with Gasteiger partial charge in [-0.3, -0.25) is 0 Å². The zero-order chi connectivity index (χ0) is 19.9. The number of aliphatic hydroxyl groups excluding tert-OH is 1. The van der Waals surface area contributed by atoms with E-state index in [2.05, 4.69) is 14.8 Å². The van der Waals surface area contributed by atoms with Crippen molar-refractivity contribution in [1.29, 1.82) is 0 Å². The van der Waals surface area contributed by atoms with E-state index in [1.807, 2.05) is 0 Å². The van der Waals surface area contributed by atoms with E-state index in [-0.39, 0.29) is 24.5 Å². The lowest BCUT2D eigenvalue weighted by Crippen LogP contribution is -2.37. The minimum absolute atomic E-state index is 0.0484. The number of nitrogens with two attached hydrogens (primary N) is 1. The van der Waals surface area contributed by atoms with Crippen molar-refractivity contribution in [3.05, 3.63) is 42.2 Å². The Labute approximate surface area is 159 Å². The van der Waals surface area contributed by atoms with E-state index in [4.69, 9.17) is 10.5 Å². The number of fused-ring (bicyclic) bond motifs is 1. The Morgan fingerprint density at radius 1 is 1.25 bits per heavy atom. The van der Waals surface area contributed by atoms with Gasteiger partial charge in [-0.25, -0.2) is 9.67 Å². The molecule has 1 aliphatic rings. The second-order valence-electron chi connectivity index (χ2n) is 6.84. The lowest BCUT2D eigenvalue weighted by atomic mass is 9.92. The van der Waals surface area contributed by atoms with Crippen molar-refractivity contribution >= 4 is 11.0 Å². The van der Waals surface area contributed by atoms with E-state index < -0.39 is 6.11 Å². The molecule has 2 heterocycles. The summed E-state index contributed by atoms with van der Waals surface area (Å²) in [6, 6.07) is 7.87. The summed E-state index contributed by atoms with van der Waals surface area (Å²) >= 11 is 0. The first-order valence-electron chi connectivity index (χ1n) is 8.93. The third-order valence-corrected chi connectivity index (χ3v) is 4.54. The molecule has 1 aliphatic carbocycles. The summed E-state index contributed by atoms with van der Waals surface area (Å²) in [6.07, 6.45) is -0.855. The molecule has 0 aliphatic heterocycles. The van der Waals surface area contributed by atoms with Crippen LogP contribution >= 0.6 is 0 Å². The van der Waals surface area contributed by atoms with Crippen molar-refractivity contribution in [3.8, 4) is 17.2 Å². The number of aliphatic hydroxyl groups is 1. The standard InChI is InChI=1S/C19H20F2N4O3/c1-19(20,21)28-13-4-2-11(3-5-13)25-18-17(15(10-22)24-25)16(6-7-23-18)27-14-8-12(26)9-14/h2-7,12,14,26H,8-10,22H2,1H3/t12-,14+. The largest absolute Gasteiger partial charge is 0.489 e. The van der Waals surface area contributed by atoms with Gasteiger partial charge < -0.3 is 20.3 Å². The number of ether oxygens (including phenoxy) is 2.